The molecule has 1 fully saturated rings. The zero-order valence-corrected chi connectivity index (χ0v) is 14.0. The minimum atomic E-state index is -4.63. The highest BCUT2D eigenvalue weighted by atomic mass is 19.4. The number of rotatable bonds is 3. The van der Waals surface area contributed by atoms with Crippen molar-refractivity contribution >= 4 is 11.7 Å². The Balaban J connectivity index is 1.57. The fraction of sp³-hybridized carbons (Fsp3) is 0.294. The number of likely N-dealkylation sites (tertiary alicyclic amines) is 1. The van der Waals surface area contributed by atoms with Gasteiger partial charge in [-0.2, -0.15) is 26.3 Å². The molecule has 11 heteroatoms. The zero-order valence-electron chi connectivity index (χ0n) is 14.0. The quantitative estimate of drug-likeness (QED) is 0.770. The maximum absolute atomic E-state index is 12.9. The van der Waals surface area contributed by atoms with E-state index >= 15 is 0 Å². The van der Waals surface area contributed by atoms with Crippen molar-refractivity contribution in [1.82, 2.24) is 9.88 Å². The van der Waals surface area contributed by atoms with E-state index in [4.69, 9.17) is 4.74 Å². The third-order valence-electron chi connectivity index (χ3n) is 3.93. The van der Waals surface area contributed by atoms with Gasteiger partial charge in [-0.25, -0.2) is 9.78 Å². The predicted octanol–water partition coefficient (Wildman–Crippen LogP) is 4.41. The highest BCUT2D eigenvalue weighted by Gasteiger charge is 2.38. The van der Waals surface area contributed by atoms with Crippen molar-refractivity contribution in [2.24, 2.45) is 0 Å². The number of alkyl halides is 6. The first-order chi connectivity index (χ1) is 13.0. The predicted molar refractivity (Wildman–Crippen MR) is 85.7 cm³/mol. The monoisotopic (exact) mass is 405 g/mol. The van der Waals surface area contributed by atoms with Crippen molar-refractivity contribution in [3.8, 4) is 5.88 Å². The van der Waals surface area contributed by atoms with Gasteiger partial charge >= 0.3 is 18.4 Å². The van der Waals surface area contributed by atoms with Gasteiger partial charge in [0.2, 0.25) is 5.88 Å². The molecule has 0 bridgehead atoms. The number of nitrogens with one attached hydrogen (secondary N) is 1. The number of carbonyl (C=O) groups is 1. The summed E-state index contributed by atoms with van der Waals surface area (Å²) < 4.78 is 82.0. The second-order valence-corrected chi connectivity index (χ2v) is 6.01. The molecule has 0 aliphatic carbocycles. The molecule has 0 atom stereocenters. The van der Waals surface area contributed by atoms with Crippen LogP contribution in [-0.4, -0.2) is 35.1 Å². The smallest absolute Gasteiger partial charge is 0.421 e. The fourth-order valence-corrected chi connectivity index (χ4v) is 2.51. The molecule has 1 aromatic heterocycles. The average molecular weight is 405 g/mol. The number of urea groups is 1. The van der Waals surface area contributed by atoms with Gasteiger partial charge in [-0.3, -0.25) is 0 Å². The molecule has 2 amide bonds. The third-order valence-corrected chi connectivity index (χ3v) is 3.93. The number of anilines is 1. The summed E-state index contributed by atoms with van der Waals surface area (Å²) in [6, 6.07) is 5.38. The van der Waals surface area contributed by atoms with E-state index in [1.165, 1.54) is 11.0 Å². The minimum Gasteiger partial charge on any atom is -0.470 e. The summed E-state index contributed by atoms with van der Waals surface area (Å²) in [5, 5.41) is 2.31. The molecule has 1 saturated heterocycles. The molecule has 0 spiro atoms. The van der Waals surface area contributed by atoms with E-state index in [-0.39, 0.29) is 18.8 Å². The Morgan fingerprint density at radius 3 is 2.43 bits per heavy atom. The average Bonchev–Trinajstić information content (AvgIpc) is 2.56. The van der Waals surface area contributed by atoms with Gasteiger partial charge in [-0.15, -0.1) is 0 Å². The third kappa shape index (κ3) is 4.46. The second kappa shape index (κ2) is 7.21. The van der Waals surface area contributed by atoms with Crippen LogP contribution >= 0.6 is 0 Å². The number of nitrogens with zero attached hydrogens (tertiary/aromatic N) is 2. The Hall–Kier alpha value is -2.98. The first-order valence-electron chi connectivity index (χ1n) is 7.96. The molecule has 5 nitrogen and oxygen atoms in total. The lowest BCUT2D eigenvalue weighted by molar-refractivity contribution is -0.140. The molecular weight excluding hydrogens is 392 g/mol. The SMILES string of the molecule is O=C(Nc1cccc(C(F)(F)F)c1)N1CC(Oc2ncccc2C(F)(F)F)C1. The number of pyridine rings is 1. The van der Waals surface area contributed by atoms with Crippen LogP contribution in [0.2, 0.25) is 0 Å². The number of aromatic nitrogens is 1. The number of halogens is 6. The molecule has 1 aliphatic rings. The van der Waals surface area contributed by atoms with E-state index < -0.39 is 41.5 Å². The Bertz CT molecular complexity index is 862. The van der Waals surface area contributed by atoms with Crippen molar-refractivity contribution in [3.63, 3.8) is 0 Å². The summed E-state index contributed by atoms with van der Waals surface area (Å²) in [5.41, 5.74) is -1.99. The lowest BCUT2D eigenvalue weighted by Crippen LogP contribution is -2.57. The maximum Gasteiger partial charge on any atom is 0.421 e. The van der Waals surface area contributed by atoms with E-state index in [0.29, 0.717) is 0 Å². The largest absolute Gasteiger partial charge is 0.470 e. The normalized spacial score (nSPS) is 15.1. The maximum atomic E-state index is 12.9. The van der Waals surface area contributed by atoms with Crippen LogP contribution in [0.25, 0.3) is 0 Å². The molecule has 2 heterocycles. The van der Waals surface area contributed by atoms with Gasteiger partial charge in [-0.1, -0.05) is 6.07 Å². The molecule has 1 N–H and O–H groups in total. The number of benzene rings is 1. The molecule has 150 valence electrons. The summed E-state index contributed by atoms with van der Waals surface area (Å²) in [4.78, 5) is 16.8. The molecule has 2 aromatic rings. The fourth-order valence-electron chi connectivity index (χ4n) is 2.51. The first-order valence-corrected chi connectivity index (χ1v) is 7.96. The lowest BCUT2D eigenvalue weighted by atomic mass is 10.1. The number of hydrogen-bond donors (Lipinski definition) is 1. The number of ether oxygens (including phenoxy) is 1. The van der Waals surface area contributed by atoms with Crippen molar-refractivity contribution in [2.75, 3.05) is 18.4 Å². The standard InChI is InChI=1S/C17H13F6N3O2/c18-16(19,20)10-3-1-4-11(7-10)25-15(27)26-8-12(9-26)28-14-13(17(21,22)23)5-2-6-24-14/h1-7,12H,8-9H2,(H,25,27). The Morgan fingerprint density at radius 1 is 1.07 bits per heavy atom. The second-order valence-electron chi connectivity index (χ2n) is 6.01. The molecule has 1 aliphatic heterocycles. The van der Waals surface area contributed by atoms with E-state index in [1.807, 2.05) is 0 Å². The number of hydrogen-bond acceptors (Lipinski definition) is 3. The number of carbonyl (C=O) groups excluding carboxylic acids is 1. The van der Waals surface area contributed by atoms with Gasteiger partial charge in [0.15, 0.2) is 0 Å². The van der Waals surface area contributed by atoms with Crippen molar-refractivity contribution in [1.29, 1.82) is 0 Å². The van der Waals surface area contributed by atoms with Crippen molar-refractivity contribution < 1.29 is 35.9 Å². The van der Waals surface area contributed by atoms with Gasteiger partial charge < -0.3 is 15.0 Å². The Kier molecular flexibility index (Phi) is 5.09. The molecule has 0 unspecified atom stereocenters. The van der Waals surface area contributed by atoms with Crippen LogP contribution in [0.3, 0.4) is 0 Å². The molecule has 0 saturated carbocycles. The number of amides is 2. The Labute approximate surface area is 154 Å². The van der Waals surface area contributed by atoms with Crippen LogP contribution in [0.4, 0.5) is 36.8 Å². The van der Waals surface area contributed by atoms with E-state index in [1.54, 1.807) is 0 Å². The van der Waals surface area contributed by atoms with E-state index in [0.717, 1.165) is 36.5 Å². The topological polar surface area (TPSA) is 54.5 Å². The molecule has 28 heavy (non-hydrogen) atoms. The van der Waals surface area contributed by atoms with Crippen LogP contribution in [0.1, 0.15) is 11.1 Å². The highest BCUT2D eigenvalue weighted by molar-refractivity contribution is 5.90. The van der Waals surface area contributed by atoms with Gasteiger partial charge in [0.25, 0.3) is 0 Å². The summed E-state index contributed by atoms with van der Waals surface area (Å²) in [5.74, 6) is -0.585. The van der Waals surface area contributed by atoms with Crippen LogP contribution in [0, 0.1) is 0 Å². The van der Waals surface area contributed by atoms with Gasteiger partial charge in [0, 0.05) is 11.9 Å². The van der Waals surface area contributed by atoms with Crippen LogP contribution in [-0.2, 0) is 12.4 Å². The molecule has 3 rings (SSSR count). The van der Waals surface area contributed by atoms with Gasteiger partial charge in [0.05, 0.1) is 18.7 Å². The summed E-state index contributed by atoms with van der Waals surface area (Å²) in [6.45, 7) is -0.0582. The lowest BCUT2D eigenvalue weighted by Gasteiger charge is -2.38. The van der Waals surface area contributed by atoms with Crippen molar-refractivity contribution in [2.45, 2.75) is 18.5 Å². The van der Waals surface area contributed by atoms with Crippen LogP contribution in [0.5, 0.6) is 5.88 Å². The first kappa shape index (κ1) is 19.8. The van der Waals surface area contributed by atoms with E-state index in [9.17, 15) is 31.1 Å². The summed E-state index contributed by atoms with van der Waals surface area (Å²) >= 11 is 0. The summed E-state index contributed by atoms with van der Waals surface area (Å²) in [7, 11) is 0. The van der Waals surface area contributed by atoms with Crippen LogP contribution in [0.15, 0.2) is 42.6 Å². The van der Waals surface area contributed by atoms with Crippen LogP contribution < -0.4 is 10.1 Å². The molecule has 0 radical (unpaired) electrons. The van der Waals surface area contributed by atoms with Gasteiger partial charge in [-0.05, 0) is 30.3 Å². The Morgan fingerprint density at radius 2 is 1.79 bits per heavy atom. The van der Waals surface area contributed by atoms with Gasteiger partial charge in [0.1, 0.15) is 11.7 Å². The molecule has 1 aromatic carbocycles. The van der Waals surface area contributed by atoms with E-state index in [2.05, 4.69) is 10.3 Å². The molecular formula is C17H13F6N3O2. The minimum absolute atomic E-state index is 0.0291. The summed E-state index contributed by atoms with van der Waals surface area (Å²) in [6.07, 6.45) is -8.73. The highest BCUT2D eigenvalue weighted by Crippen LogP contribution is 2.35. The van der Waals surface area contributed by atoms with Crippen molar-refractivity contribution in [3.05, 3.63) is 53.7 Å². The zero-order chi connectivity index (χ0) is 20.5.